The quantitative estimate of drug-likeness (QED) is 0.637. The van der Waals surface area contributed by atoms with E-state index in [1.165, 1.54) is 5.71 Å². The molecule has 2 aliphatic heterocycles. The summed E-state index contributed by atoms with van der Waals surface area (Å²) in [6, 6.07) is 1.23. The van der Waals surface area contributed by atoms with E-state index in [0.29, 0.717) is 23.6 Å². The maximum Gasteiger partial charge on any atom is 0.127 e. The van der Waals surface area contributed by atoms with Crippen LogP contribution >= 0.6 is 0 Å². The summed E-state index contributed by atoms with van der Waals surface area (Å²) >= 11 is 0. The van der Waals surface area contributed by atoms with Gasteiger partial charge < -0.3 is 4.74 Å². The van der Waals surface area contributed by atoms with Crippen LogP contribution < -0.4 is 0 Å². The summed E-state index contributed by atoms with van der Waals surface area (Å²) in [6.07, 6.45) is 2.55. The first-order chi connectivity index (χ1) is 7.32. The van der Waals surface area contributed by atoms with Crippen LogP contribution in [0.3, 0.4) is 0 Å². The molecule has 0 N–H and O–H groups in total. The average molecular weight is 222 g/mol. The highest BCUT2D eigenvalue weighted by molar-refractivity contribution is 5.93. The number of hydrogen-bond acceptors (Lipinski definition) is 3. The molecule has 4 unspecified atom stereocenters. The van der Waals surface area contributed by atoms with Gasteiger partial charge in [0, 0.05) is 0 Å². The summed E-state index contributed by atoms with van der Waals surface area (Å²) in [5.74, 6) is 0. The van der Waals surface area contributed by atoms with Gasteiger partial charge >= 0.3 is 0 Å². The number of nitrogens with zero attached hydrogens (tertiary/aromatic N) is 2. The van der Waals surface area contributed by atoms with Gasteiger partial charge in [-0.2, -0.15) is 5.10 Å². The van der Waals surface area contributed by atoms with Gasteiger partial charge in [0.1, 0.15) is 6.10 Å². The smallest absolute Gasteiger partial charge is 0.127 e. The number of hydrazone groups is 1. The molecular weight excluding hydrogens is 200 g/mol. The molecular formula is C13H22N2O. The lowest BCUT2D eigenvalue weighted by molar-refractivity contribution is 0.224. The van der Waals surface area contributed by atoms with Gasteiger partial charge in [-0.05, 0) is 39.0 Å². The van der Waals surface area contributed by atoms with Gasteiger partial charge in [0.05, 0.1) is 23.4 Å². The highest BCUT2D eigenvalue weighted by Gasteiger charge is 2.61. The number of hydrogen-bond donors (Lipinski definition) is 0. The SMILES string of the molecule is CC1C(C)N1/N=C1\CC(C)(C)CC2(C)OC12. The highest BCUT2D eigenvalue weighted by Crippen LogP contribution is 2.53. The molecule has 0 radical (unpaired) electrons. The second-order valence-corrected chi connectivity index (χ2v) is 6.78. The molecule has 90 valence electrons. The lowest BCUT2D eigenvalue weighted by atomic mass is 9.72. The summed E-state index contributed by atoms with van der Waals surface area (Å²) in [5, 5.41) is 7.01. The van der Waals surface area contributed by atoms with Crippen molar-refractivity contribution in [2.24, 2.45) is 10.5 Å². The summed E-state index contributed by atoms with van der Waals surface area (Å²) < 4.78 is 5.86. The fourth-order valence-electron chi connectivity index (χ4n) is 3.29. The summed E-state index contributed by atoms with van der Waals surface area (Å²) in [7, 11) is 0. The van der Waals surface area contributed by atoms with Gasteiger partial charge in [-0.25, -0.2) is 0 Å². The topological polar surface area (TPSA) is 27.9 Å². The zero-order valence-electron chi connectivity index (χ0n) is 10.9. The van der Waals surface area contributed by atoms with Crippen LogP contribution in [0.2, 0.25) is 0 Å². The van der Waals surface area contributed by atoms with Gasteiger partial charge in [-0.15, -0.1) is 0 Å². The first-order valence-electron chi connectivity index (χ1n) is 6.36. The van der Waals surface area contributed by atoms with E-state index >= 15 is 0 Å². The van der Waals surface area contributed by atoms with Crippen LogP contribution in [0.25, 0.3) is 0 Å². The molecule has 0 bridgehead atoms. The fraction of sp³-hybridized carbons (Fsp3) is 0.923. The number of fused-ring (bicyclic) bond motifs is 1. The van der Waals surface area contributed by atoms with Gasteiger partial charge in [-0.3, -0.25) is 5.01 Å². The minimum atomic E-state index is 0.0864. The molecule has 3 fully saturated rings. The monoisotopic (exact) mass is 222 g/mol. The van der Waals surface area contributed by atoms with Gasteiger partial charge in [0.15, 0.2) is 0 Å². The third kappa shape index (κ3) is 1.48. The van der Waals surface area contributed by atoms with Crippen molar-refractivity contribution in [3.63, 3.8) is 0 Å². The van der Waals surface area contributed by atoms with Crippen molar-refractivity contribution in [1.82, 2.24) is 5.01 Å². The molecule has 16 heavy (non-hydrogen) atoms. The normalized spacial score (nSPS) is 51.4. The van der Waals surface area contributed by atoms with E-state index in [4.69, 9.17) is 9.84 Å². The lowest BCUT2D eigenvalue weighted by Crippen LogP contribution is -2.35. The zero-order chi connectivity index (χ0) is 11.7. The van der Waals surface area contributed by atoms with E-state index in [1.54, 1.807) is 0 Å². The van der Waals surface area contributed by atoms with E-state index in [-0.39, 0.29) is 5.60 Å². The van der Waals surface area contributed by atoms with Crippen molar-refractivity contribution in [3.05, 3.63) is 0 Å². The van der Waals surface area contributed by atoms with E-state index in [0.717, 1.165) is 12.8 Å². The minimum absolute atomic E-state index is 0.0864. The van der Waals surface area contributed by atoms with Crippen LogP contribution in [0.5, 0.6) is 0 Å². The standard InChI is InChI=1S/C13H22N2O/c1-8-9(2)15(8)14-10-6-12(3,4)7-13(5)11(10)16-13/h8-9,11H,6-7H2,1-5H3/b14-10+. The Bertz CT molecular complexity index is 352. The van der Waals surface area contributed by atoms with Crippen molar-refractivity contribution in [2.45, 2.75) is 71.2 Å². The van der Waals surface area contributed by atoms with Crippen LogP contribution in [0, 0.1) is 5.41 Å². The summed E-state index contributed by atoms with van der Waals surface area (Å²) in [5.41, 5.74) is 1.70. The van der Waals surface area contributed by atoms with Crippen LogP contribution in [0.15, 0.2) is 5.10 Å². The Morgan fingerprint density at radius 3 is 2.44 bits per heavy atom. The molecule has 0 aromatic heterocycles. The molecule has 2 heterocycles. The largest absolute Gasteiger partial charge is 0.360 e. The summed E-state index contributed by atoms with van der Waals surface area (Å²) in [6.45, 7) is 11.3. The minimum Gasteiger partial charge on any atom is -0.360 e. The van der Waals surface area contributed by atoms with Crippen molar-refractivity contribution < 1.29 is 4.74 Å². The highest BCUT2D eigenvalue weighted by atomic mass is 16.6. The molecule has 1 aliphatic carbocycles. The third-order valence-electron chi connectivity index (χ3n) is 4.36. The van der Waals surface area contributed by atoms with Crippen LogP contribution in [0.1, 0.15) is 47.5 Å². The van der Waals surface area contributed by atoms with E-state index in [9.17, 15) is 0 Å². The van der Waals surface area contributed by atoms with Crippen molar-refractivity contribution >= 4 is 5.71 Å². The Kier molecular flexibility index (Phi) is 1.86. The fourth-order valence-corrected chi connectivity index (χ4v) is 3.29. The van der Waals surface area contributed by atoms with E-state index in [2.05, 4.69) is 39.6 Å². The Balaban J connectivity index is 1.81. The molecule has 3 nitrogen and oxygen atoms in total. The van der Waals surface area contributed by atoms with Gasteiger partial charge in [0.2, 0.25) is 0 Å². The first-order valence-corrected chi connectivity index (χ1v) is 6.36. The molecule has 0 aromatic rings. The van der Waals surface area contributed by atoms with Crippen LogP contribution in [-0.4, -0.2) is 34.5 Å². The Morgan fingerprint density at radius 2 is 1.88 bits per heavy atom. The number of rotatable bonds is 1. The van der Waals surface area contributed by atoms with E-state index < -0.39 is 0 Å². The van der Waals surface area contributed by atoms with Crippen molar-refractivity contribution in [3.8, 4) is 0 Å². The second kappa shape index (κ2) is 2.81. The Morgan fingerprint density at radius 1 is 1.25 bits per heavy atom. The molecule has 3 aliphatic rings. The molecule has 3 rings (SSSR count). The number of ether oxygens (including phenoxy) is 1. The van der Waals surface area contributed by atoms with Crippen molar-refractivity contribution in [1.29, 1.82) is 0 Å². The molecule has 0 spiro atoms. The van der Waals surface area contributed by atoms with Crippen LogP contribution in [-0.2, 0) is 4.74 Å². The van der Waals surface area contributed by atoms with Crippen LogP contribution in [0.4, 0.5) is 0 Å². The predicted octanol–water partition coefficient (Wildman–Crippen LogP) is 2.41. The lowest BCUT2D eigenvalue weighted by Gasteiger charge is -2.31. The third-order valence-corrected chi connectivity index (χ3v) is 4.36. The average Bonchev–Trinajstić information content (AvgIpc) is 2.95. The van der Waals surface area contributed by atoms with Gasteiger partial charge in [0.25, 0.3) is 0 Å². The molecule has 4 atom stereocenters. The maximum absolute atomic E-state index is 5.86. The molecule has 2 saturated heterocycles. The summed E-state index contributed by atoms with van der Waals surface area (Å²) in [4.78, 5) is 0. The van der Waals surface area contributed by atoms with Gasteiger partial charge in [-0.1, -0.05) is 13.8 Å². The Hall–Kier alpha value is -0.570. The molecule has 0 amide bonds. The Labute approximate surface area is 97.8 Å². The van der Waals surface area contributed by atoms with E-state index in [1.807, 2.05) is 0 Å². The zero-order valence-corrected chi connectivity index (χ0v) is 10.9. The molecule has 1 saturated carbocycles. The maximum atomic E-state index is 5.86. The first kappa shape index (κ1) is 10.6. The molecule has 0 aromatic carbocycles. The molecule has 3 heteroatoms. The second-order valence-electron chi connectivity index (χ2n) is 6.78. The number of epoxide rings is 1. The predicted molar refractivity (Wildman–Crippen MR) is 64.5 cm³/mol. The van der Waals surface area contributed by atoms with Crippen molar-refractivity contribution in [2.75, 3.05) is 0 Å².